The van der Waals surface area contributed by atoms with Gasteiger partial charge in [0.25, 0.3) is 0 Å². The molecular formula is C15H19N3O2. The van der Waals surface area contributed by atoms with E-state index in [1.807, 2.05) is 18.2 Å². The summed E-state index contributed by atoms with van der Waals surface area (Å²) in [6, 6.07) is 5.85. The molecule has 1 aliphatic rings. The Hall–Kier alpha value is -2.17. The Labute approximate surface area is 118 Å². The van der Waals surface area contributed by atoms with Crippen molar-refractivity contribution in [1.29, 1.82) is 0 Å². The van der Waals surface area contributed by atoms with Crippen molar-refractivity contribution < 1.29 is 9.59 Å². The van der Waals surface area contributed by atoms with Crippen molar-refractivity contribution >= 4 is 11.8 Å². The van der Waals surface area contributed by atoms with Crippen molar-refractivity contribution in [2.24, 2.45) is 0 Å². The molecule has 106 valence electrons. The van der Waals surface area contributed by atoms with Crippen molar-refractivity contribution in [1.82, 2.24) is 15.2 Å². The quantitative estimate of drug-likeness (QED) is 0.835. The number of nitrogens with zero attached hydrogens (tertiary/aromatic N) is 2. The first-order valence-corrected chi connectivity index (χ1v) is 6.79. The minimum Gasteiger partial charge on any atom is -0.343 e. The van der Waals surface area contributed by atoms with Crippen LogP contribution >= 0.6 is 0 Å². The van der Waals surface area contributed by atoms with Gasteiger partial charge in [0.05, 0.1) is 6.54 Å². The molecule has 2 rings (SSSR count). The molecule has 5 nitrogen and oxygen atoms in total. The van der Waals surface area contributed by atoms with Gasteiger partial charge in [0.1, 0.15) is 0 Å². The summed E-state index contributed by atoms with van der Waals surface area (Å²) in [4.78, 5) is 29.3. The zero-order valence-corrected chi connectivity index (χ0v) is 11.4. The van der Waals surface area contributed by atoms with Crippen LogP contribution in [0.15, 0.2) is 37.1 Å². The third kappa shape index (κ3) is 3.66. The Morgan fingerprint density at radius 3 is 3.05 bits per heavy atom. The number of piperidine rings is 1. The number of hydrogen-bond acceptors (Lipinski definition) is 3. The van der Waals surface area contributed by atoms with Crippen LogP contribution in [0.3, 0.4) is 0 Å². The molecular weight excluding hydrogens is 254 g/mol. The Morgan fingerprint density at radius 1 is 1.50 bits per heavy atom. The molecule has 1 aromatic rings. The van der Waals surface area contributed by atoms with Gasteiger partial charge in [-0.2, -0.15) is 0 Å². The van der Waals surface area contributed by atoms with Crippen LogP contribution in [0.5, 0.6) is 0 Å². The van der Waals surface area contributed by atoms with Crippen LogP contribution in [0, 0.1) is 0 Å². The largest absolute Gasteiger partial charge is 0.343 e. The molecule has 1 unspecified atom stereocenters. The molecule has 0 aromatic carbocycles. The fourth-order valence-electron chi connectivity index (χ4n) is 2.41. The molecule has 1 aliphatic heterocycles. The molecule has 0 bridgehead atoms. The van der Waals surface area contributed by atoms with Crippen molar-refractivity contribution in [3.05, 3.63) is 42.7 Å². The minimum absolute atomic E-state index is 0.0276. The van der Waals surface area contributed by atoms with Crippen molar-refractivity contribution in [3.63, 3.8) is 0 Å². The van der Waals surface area contributed by atoms with E-state index in [1.54, 1.807) is 11.1 Å². The summed E-state index contributed by atoms with van der Waals surface area (Å²) in [6.45, 7) is 4.79. The van der Waals surface area contributed by atoms with Gasteiger partial charge in [0.2, 0.25) is 11.8 Å². The van der Waals surface area contributed by atoms with Gasteiger partial charge >= 0.3 is 0 Å². The third-order valence-corrected chi connectivity index (χ3v) is 3.48. The summed E-state index contributed by atoms with van der Waals surface area (Å²) in [5.74, 6) is -0.0959. The lowest BCUT2D eigenvalue weighted by atomic mass is 9.94. The lowest BCUT2D eigenvalue weighted by molar-refractivity contribution is -0.133. The molecule has 1 aromatic heterocycles. The Balaban J connectivity index is 1.91. The van der Waals surface area contributed by atoms with Crippen molar-refractivity contribution in [3.8, 4) is 0 Å². The number of amides is 2. The van der Waals surface area contributed by atoms with E-state index in [2.05, 4.69) is 16.9 Å². The van der Waals surface area contributed by atoms with Crippen LogP contribution in [0.1, 0.15) is 24.5 Å². The molecule has 0 radical (unpaired) electrons. The average Bonchev–Trinajstić information content (AvgIpc) is 2.53. The molecule has 0 spiro atoms. The minimum atomic E-state index is -0.323. The van der Waals surface area contributed by atoms with Crippen molar-refractivity contribution in [2.75, 3.05) is 19.6 Å². The van der Waals surface area contributed by atoms with Crippen LogP contribution in [0.25, 0.3) is 0 Å². The van der Waals surface area contributed by atoms with Crippen LogP contribution in [0.4, 0.5) is 0 Å². The second-order valence-corrected chi connectivity index (χ2v) is 4.86. The fourth-order valence-corrected chi connectivity index (χ4v) is 2.41. The number of likely N-dealkylation sites (tertiary alicyclic amines) is 1. The van der Waals surface area contributed by atoms with E-state index in [0.717, 1.165) is 25.1 Å². The Bertz CT molecular complexity index is 487. The van der Waals surface area contributed by atoms with Crippen LogP contribution in [-0.4, -0.2) is 41.3 Å². The first-order valence-electron chi connectivity index (χ1n) is 6.79. The Morgan fingerprint density at radius 2 is 2.35 bits per heavy atom. The van der Waals surface area contributed by atoms with E-state index in [1.165, 1.54) is 6.08 Å². The standard InChI is InChI=1S/C15H19N3O2/c1-2-14(19)17-10-15(20)18-9-5-6-12(11-18)13-7-3-4-8-16-13/h2-4,7-8,12H,1,5-6,9-11H2,(H,17,19). The lowest BCUT2D eigenvalue weighted by Crippen LogP contribution is -2.44. The van der Waals surface area contributed by atoms with E-state index in [0.29, 0.717) is 6.54 Å². The molecule has 1 atom stereocenters. The maximum atomic E-state index is 12.1. The SMILES string of the molecule is C=CC(=O)NCC(=O)N1CCCC(c2ccccn2)C1. The summed E-state index contributed by atoms with van der Waals surface area (Å²) in [6.07, 6.45) is 4.95. The molecule has 2 amide bonds. The molecule has 20 heavy (non-hydrogen) atoms. The second kappa shape index (κ2) is 6.84. The highest BCUT2D eigenvalue weighted by atomic mass is 16.2. The van der Waals surface area contributed by atoms with Gasteiger partial charge in [-0.25, -0.2) is 0 Å². The summed E-state index contributed by atoms with van der Waals surface area (Å²) in [7, 11) is 0. The van der Waals surface area contributed by atoms with E-state index in [9.17, 15) is 9.59 Å². The van der Waals surface area contributed by atoms with Crippen LogP contribution in [-0.2, 0) is 9.59 Å². The predicted molar refractivity (Wildman–Crippen MR) is 76.0 cm³/mol. The average molecular weight is 273 g/mol. The highest BCUT2D eigenvalue weighted by Crippen LogP contribution is 2.25. The lowest BCUT2D eigenvalue weighted by Gasteiger charge is -2.32. The number of pyridine rings is 1. The molecule has 5 heteroatoms. The van der Waals surface area contributed by atoms with Gasteiger partial charge in [0, 0.05) is 30.9 Å². The summed E-state index contributed by atoms with van der Waals surface area (Å²) < 4.78 is 0. The van der Waals surface area contributed by atoms with Crippen molar-refractivity contribution in [2.45, 2.75) is 18.8 Å². The van der Waals surface area contributed by atoms with Crippen LogP contribution in [0.2, 0.25) is 0 Å². The van der Waals surface area contributed by atoms with Gasteiger partial charge in [-0.3, -0.25) is 14.6 Å². The second-order valence-electron chi connectivity index (χ2n) is 4.86. The normalized spacial score (nSPS) is 18.4. The first kappa shape index (κ1) is 14.2. The van der Waals surface area contributed by atoms with Gasteiger partial charge in [-0.15, -0.1) is 0 Å². The molecule has 1 fully saturated rings. The number of hydrogen-bond donors (Lipinski definition) is 1. The maximum absolute atomic E-state index is 12.1. The van der Waals surface area contributed by atoms with Gasteiger partial charge in [-0.1, -0.05) is 12.6 Å². The number of nitrogens with one attached hydrogen (secondary N) is 1. The monoisotopic (exact) mass is 273 g/mol. The number of carbonyl (C=O) groups excluding carboxylic acids is 2. The summed E-state index contributed by atoms with van der Waals surface area (Å²) in [5, 5.41) is 2.52. The third-order valence-electron chi connectivity index (χ3n) is 3.48. The molecule has 0 saturated carbocycles. The van der Waals surface area contributed by atoms with Gasteiger partial charge in [0.15, 0.2) is 0 Å². The van der Waals surface area contributed by atoms with E-state index in [-0.39, 0.29) is 24.3 Å². The zero-order chi connectivity index (χ0) is 14.4. The van der Waals surface area contributed by atoms with E-state index >= 15 is 0 Å². The van der Waals surface area contributed by atoms with Gasteiger partial charge in [-0.05, 0) is 31.1 Å². The smallest absolute Gasteiger partial charge is 0.243 e. The zero-order valence-electron chi connectivity index (χ0n) is 11.4. The highest BCUT2D eigenvalue weighted by Gasteiger charge is 2.25. The van der Waals surface area contributed by atoms with E-state index < -0.39 is 0 Å². The Kier molecular flexibility index (Phi) is 4.87. The molecule has 1 N–H and O–H groups in total. The topological polar surface area (TPSA) is 62.3 Å². The highest BCUT2D eigenvalue weighted by molar-refractivity contribution is 5.90. The summed E-state index contributed by atoms with van der Waals surface area (Å²) in [5.41, 5.74) is 1.03. The van der Waals surface area contributed by atoms with Gasteiger partial charge < -0.3 is 10.2 Å². The van der Waals surface area contributed by atoms with Crippen LogP contribution < -0.4 is 5.32 Å². The first-order chi connectivity index (χ1) is 9.70. The number of carbonyl (C=O) groups is 2. The molecule has 1 saturated heterocycles. The molecule has 0 aliphatic carbocycles. The predicted octanol–water partition coefficient (Wildman–Crippen LogP) is 1.09. The maximum Gasteiger partial charge on any atom is 0.243 e. The number of aromatic nitrogens is 1. The van der Waals surface area contributed by atoms with E-state index in [4.69, 9.17) is 0 Å². The molecule has 2 heterocycles. The fraction of sp³-hybridized carbons (Fsp3) is 0.400. The number of rotatable bonds is 4. The summed E-state index contributed by atoms with van der Waals surface area (Å²) >= 11 is 0.